The summed E-state index contributed by atoms with van der Waals surface area (Å²) in [6.07, 6.45) is 0. The monoisotopic (exact) mass is 440 g/mol. The van der Waals surface area contributed by atoms with Gasteiger partial charge >= 0.3 is 5.97 Å². The quantitative estimate of drug-likeness (QED) is 0.343. The van der Waals surface area contributed by atoms with E-state index in [1.807, 2.05) is 0 Å². The second-order valence-electron chi connectivity index (χ2n) is 5.91. The van der Waals surface area contributed by atoms with Gasteiger partial charge in [0.15, 0.2) is 4.84 Å². The van der Waals surface area contributed by atoms with Crippen LogP contribution >= 0.6 is 46.7 Å². The highest BCUT2D eigenvalue weighted by molar-refractivity contribution is 8.00. The van der Waals surface area contributed by atoms with E-state index in [0.717, 1.165) is 0 Å². The normalized spacial score (nSPS) is 27.8. The Balaban J connectivity index is 1.67. The van der Waals surface area contributed by atoms with Crippen molar-refractivity contribution in [1.82, 2.24) is 30.4 Å². The van der Waals surface area contributed by atoms with Crippen molar-refractivity contribution < 1.29 is 19.5 Å². The molecule has 1 aromatic heterocycles. The molecule has 1 aromatic rings. The smallest absolute Gasteiger partial charge is 0.313 e. The van der Waals surface area contributed by atoms with Crippen LogP contribution in [0.5, 0.6) is 0 Å². The molecule has 26 heavy (non-hydrogen) atoms. The fourth-order valence-corrected chi connectivity index (χ4v) is 5.51. The topological polar surface area (TPSA) is 130 Å². The number of β-lactam (4-membered cyclic amide) rings is 1. The third-order valence-electron chi connectivity index (χ3n) is 4.15. The van der Waals surface area contributed by atoms with Crippen molar-refractivity contribution in [2.45, 2.75) is 21.4 Å². The summed E-state index contributed by atoms with van der Waals surface area (Å²) in [5.41, 5.74) is -1.13. The lowest BCUT2D eigenvalue weighted by molar-refractivity contribution is -0.157. The van der Waals surface area contributed by atoms with E-state index in [0.29, 0.717) is 5.16 Å². The van der Waals surface area contributed by atoms with Crippen LogP contribution in [0.15, 0.2) is 5.16 Å². The molecule has 2 N–H and O–H groups in total. The Morgan fingerprint density at radius 3 is 2.85 bits per heavy atom. The van der Waals surface area contributed by atoms with Crippen LogP contribution in [0.25, 0.3) is 0 Å². The third-order valence-corrected chi connectivity index (χ3v) is 7.44. The molecule has 0 aromatic carbocycles. The molecule has 2 aliphatic heterocycles. The van der Waals surface area contributed by atoms with Crippen molar-refractivity contribution in [1.29, 1.82) is 0 Å². The summed E-state index contributed by atoms with van der Waals surface area (Å²) >= 11 is 13.5. The molecule has 3 atom stereocenters. The van der Waals surface area contributed by atoms with Gasteiger partial charge in [-0.1, -0.05) is 35.0 Å². The number of aromatic nitrogens is 4. The fourth-order valence-electron chi connectivity index (χ4n) is 2.67. The van der Waals surface area contributed by atoms with Crippen LogP contribution in [0.4, 0.5) is 0 Å². The van der Waals surface area contributed by atoms with Crippen molar-refractivity contribution in [3.05, 3.63) is 0 Å². The summed E-state index contributed by atoms with van der Waals surface area (Å²) in [6.45, 7) is 0.0503. The van der Waals surface area contributed by atoms with Gasteiger partial charge in [-0.05, 0) is 10.4 Å². The number of fused-ring (bicyclic) bond motifs is 1. The molecule has 0 saturated carbocycles. The Labute approximate surface area is 166 Å². The molecular weight excluding hydrogens is 427 g/mol. The number of aliphatic carboxylic acids is 1. The predicted molar refractivity (Wildman–Crippen MR) is 95.0 cm³/mol. The number of hydrogen-bond donors (Lipinski definition) is 2. The van der Waals surface area contributed by atoms with E-state index in [1.165, 1.54) is 33.1 Å². The number of alkyl halides is 2. The van der Waals surface area contributed by atoms with Crippen molar-refractivity contribution in [3.8, 4) is 0 Å². The number of carboxylic acids is 1. The van der Waals surface area contributed by atoms with Crippen LogP contribution in [0, 0.1) is 5.41 Å². The number of nitrogens with zero attached hydrogens (tertiary/aromatic N) is 5. The van der Waals surface area contributed by atoms with Crippen LogP contribution in [-0.2, 0) is 21.4 Å². The summed E-state index contributed by atoms with van der Waals surface area (Å²) in [6, 6.07) is -0.741. The lowest BCUT2D eigenvalue weighted by Crippen LogP contribution is -2.74. The molecule has 0 radical (unpaired) electrons. The molecule has 2 aliphatic rings. The standard InChI is InChI=1S/C12H14Cl2N6O4S2/c1-19-11(16-17-18-19)26-4-12(10(23)24)2-20-8(22)5(9(20)25-3-12)15-7(21)6(13)14/h5-6,9H,2-4H2,1H3,(H,15,21)(H,23,24)/t5?,9-,12?/m1/s1. The molecule has 0 spiro atoms. The minimum Gasteiger partial charge on any atom is -0.481 e. The van der Waals surface area contributed by atoms with Crippen LogP contribution in [0.3, 0.4) is 0 Å². The number of amides is 2. The Kier molecular flexibility index (Phi) is 5.56. The van der Waals surface area contributed by atoms with Gasteiger partial charge in [0.05, 0.1) is 0 Å². The number of aryl methyl sites for hydroxylation is 1. The zero-order chi connectivity index (χ0) is 19.1. The predicted octanol–water partition coefficient (Wildman–Crippen LogP) is -0.423. The van der Waals surface area contributed by atoms with Crippen LogP contribution in [0.2, 0.25) is 0 Å². The number of carbonyl (C=O) groups is 3. The zero-order valence-corrected chi connectivity index (χ0v) is 16.5. The first kappa shape index (κ1) is 19.5. The lowest BCUT2D eigenvalue weighted by atomic mass is 9.89. The van der Waals surface area contributed by atoms with E-state index in [-0.39, 0.29) is 29.3 Å². The third kappa shape index (κ3) is 3.47. The van der Waals surface area contributed by atoms with Crippen LogP contribution in [0.1, 0.15) is 0 Å². The molecule has 10 nitrogen and oxygen atoms in total. The molecule has 2 unspecified atom stereocenters. The summed E-state index contributed by atoms with van der Waals surface area (Å²) in [5, 5.41) is 23.5. The molecule has 14 heteroatoms. The van der Waals surface area contributed by atoms with E-state index in [2.05, 4.69) is 20.8 Å². The van der Waals surface area contributed by atoms with Gasteiger partial charge in [-0.25, -0.2) is 4.68 Å². The number of tetrazole rings is 1. The van der Waals surface area contributed by atoms with Gasteiger partial charge < -0.3 is 15.3 Å². The first-order chi connectivity index (χ1) is 12.2. The summed E-state index contributed by atoms with van der Waals surface area (Å²) in [5.74, 6) is -1.49. The highest BCUT2D eigenvalue weighted by atomic mass is 35.5. The molecule has 142 valence electrons. The van der Waals surface area contributed by atoms with Crippen molar-refractivity contribution >= 4 is 64.5 Å². The fraction of sp³-hybridized carbons (Fsp3) is 0.667. The minimum atomic E-state index is -1.26. The first-order valence-corrected chi connectivity index (χ1v) is 10.2. The van der Waals surface area contributed by atoms with Crippen molar-refractivity contribution in [3.63, 3.8) is 0 Å². The molecule has 0 bridgehead atoms. The van der Waals surface area contributed by atoms with Gasteiger partial charge in [-0.2, -0.15) is 0 Å². The van der Waals surface area contributed by atoms with E-state index in [9.17, 15) is 19.5 Å². The van der Waals surface area contributed by atoms with Gasteiger partial charge in [-0.15, -0.1) is 16.9 Å². The number of carboxylic acid groups (broad SMARTS) is 1. The summed E-state index contributed by atoms with van der Waals surface area (Å²) in [7, 11) is 1.66. The van der Waals surface area contributed by atoms with Crippen molar-refractivity contribution in [2.75, 3.05) is 18.1 Å². The number of nitrogens with one attached hydrogen (secondary N) is 1. The number of halogens is 2. The molecule has 3 rings (SSSR count). The molecule has 2 amide bonds. The Morgan fingerprint density at radius 1 is 1.54 bits per heavy atom. The van der Waals surface area contributed by atoms with Gasteiger partial charge in [0.2, 0.25) is 11.1 Å². The average Bonchev–Trinajstić information content (AvgIpc) is 3.02. The van der Waals surface area contributed by atoms with Gasteiger partial charge in [0.25, 0.3) is 5.91 Å². The SMILES string of the molecule is Cn1nnnc1SCC1(C(=O)O)CS[C@@H]2C(NC(=O)C(Cl)Cl)C(=O)N2C1. The van der Waals surface area contributed by atoms with E-state index in [1.54, 1.807) is 7.05 Å². The Hall–Kier alpha value is -1.24. The first-order valence-electron chi connectivity index (χ1n) is 7.34. The van der Waals surface area contributed by atoms with E-state index < -0.39 is 28.2 Å². The average molecular weight is 441 g/mol. The molecule has 3 heterocycles. The van der Waals surface area contributed by atoms with Crippen LogP contribution in [-0.4, -0.2) is 82.3 Å². The second-order valence-corrected chi connectivity index (χ2v) is 9.06. The number of thioether (sulfide) groups is 2. The Morgan fingerprint density at radius 2 is 2.27 bits per heavy atom. The maximum atomic E-state index is 12.3. The number of hydrogen-bond acceptors (Lipinski definition) is 8. The highest BCUT2D eigenvalue weighted by Gasteiger charge is 2.57. The van der Waals surface area contributed by atoms with E-state index in [4.69, 9.17) is 23.2 Å². The molecule has 0 aliphatic carbocycles. The number of carbonyl (C=O) groups excluding carboxylic acids is 2. The summed E-state index contributed by atoms with van der Waals surface area (Å²) < 4.78 is 1.45. The molecule has 2 saturated heterocycles. The van der Waals surface area contributed by atoms with E-state index >= 15 is 0 Å². The second kappa shape index (κ2) is 7.41. The highest BCUT2D eigenvalue weighted by Crippen LogP contribution is 2.44. The van der Waals surface area contributed by atoms with Crippen molar-refractivity contribution in [2.24, 2.45) is 12.5 Å². The van der Waals surface area contributed by atoms with Gasteiger partial charge in [0.1, 0.15) is 16.8 Å². The minimum absolute atomic E-state index is 0.0503. The lowest BCUT2D eigenvalue weighted by Gasteiger charge is -2.53. The Bertz CT molecular complexity index is 749. The van der Waals surface area contributed by atoms with Crippen LogP contribution < -0.4 is 5.32 Å². The van der Waals surface area contributed by atoms with Gasteiger partial charge in [-0.3, -0.25) is 14.4 Å². The maximum absolute atomic E-state index is 12.3. The van der Waals surface area contributed by atoms with Gasteiger partial charge in [0, 0.05) is 25.1 Å². The zero-order valence-electron chi connectivity index (χ0n) is 13.3. The molecule has 2 fully saturated rings. The molecular formula is C12H14Cl2N6O4S2. The summed E-state index contributed by atoms with van der Waals surface area (Å²) in [4.78, 5) is 36.0. The maximum Gasteiger partial charge on any atom is 0.313 e. The number of rotatable bonds is 6. The largest absolute Gasteiger partial charge is 0.481 e.